The molecule has 0 bridgehead atoms. The summed E-state index contributed by atoms with van der Waals surface area (Å²) in [6.45, 7) is 5.06. The van der Waals surface area contributed by atoms with Crippen LogP contribution in [0.2, 0.25) is 0 Å². The van der Waals surface area contributed by atoms with Gasteiger partial charge in [0.05, 0.1) is 30.1 Å². The molecule has 0 amide bonds. The van der Waals surface area contributed by atoms with Gasteiger partial charge in [0.1, 0.15) is 18.1 Å². The van der Waals surface area contributed by atoms with Crippen molar-refractivity contribution in [3.63, 3.8) is 0 Å². The van der Waals surface area contributed by atoms with Crippen LogP contribution in [0.5, 0.6) is 5.88 Å². The molecule has 3 saturated heterocycles. The summed E-state index contributed by atoms with van der Waals surface area (Å²) in [4.78, 5) is 13.0. The minimum Gasteiger partial charge on any atom is -0.476 e. The monoisotopic (exact) mass is 548 g/mol. The summed E-state index contributed by atoms with van der Waals surface area (Å²) in [5.41, 5.74) is 0.259. The molecular formula is C29H36F4N4O2. The summed E-state index contributed by atoms with van der Waals surface area (Å²) in [5.74, 6) is 0.348. The molecule has 10 heteroatoms. The van der Waals surface area contributed by atoms with E-state index in [0.717, 1.165) is 32.2 Å². The number of ether oxygens (including phenoxy) is 2. The first-order valence-corrected chi connectivity index (χ1v) is 14.2. The molecule has 1 saturated carbocycles. The van der Waals surface area contributed by atoms with Crippen LogP contribution >= 0.6 is 0 Å². The number of aromatic nitrogens is 2. The molecule has 3 atom stereocenters. The van der Waals surface area contributed by atoms with Crippen LogP contribution < -0.4 is 4.74 Å². The zero-order valence-corrected chi connectivity index (χ0v) is 22.3. The number of epoxide rings is 1. The number of nitrogens with zero attached hydrogens (tertiary/aromatic N) is 4. The number of alkyl halides is 3. The minimum absolute atomic E-state index is 0.0365. The highest BCUT2D eigenvalue weighted by Gasteiger charge is 2.58. The summed E-state index contributed by atoms with van der Waals surface area (Å²) >= 11 is 0. The fraction of sp³-hybridized carbons (Fsp3) is 0.655. The van der Waals surface area contributed by atoms with Gasteiger partial charge in [-0.1, -0.05) is 18.6 Å². The van der Waals surface area contributed by atoms with Crippen molar-refractivity contribution >= 4 is 0 Å². The van der Waals surface area contributed by atoms with Crippen molar-refractivity contribution in [3.8, 4) is 17.1 Å². The van der Waals surface area contributed by atoms with Gasteiger partial charge in [-0.25, -0.2) is 14.4 Å². The molecule has 4 fully saturated rings. The Morgan fingerprint density at radius 1 is 1.05 bits per heavy atom. The third-order valence-electron chi connectivity index (χ3n) is 9.24. The highest BCUT2D eigenvalue weighted by molar-refractivity contribution is 5.59. The highest BCUT2D eigenvalue weighted by Crippen LogP contribution is 2.53. The van der Waals surface area contributed by atoms with E-state index < -0.39 is 11.6 Å². The van der Waals surface area contributed by atoms with E-state index in [-0.39, 0.29) is 43.5 Å². The predicted molar refractivity (Wildman–Crippen MR) is 137 cm³/mol. The van der Waals surface area contributed by atoms with Gasteiger partial charge in [-0.2, -0.15) is 13.2 Å². The van der Waals surface area contributed by atoms with Crippen LogP contribution in [0.1, 0.15) is 63.5 Å². The predicted octanol–water partition coefficient (Wildman–Crippen LogP) is 5.99. The zero-order chi connectivity index (χ0) is 27.2. The number of halogens is 4. The van der Waals surface area contributed by atoms with Crippen molar-refractivity contribution < 1.29 is 27.0 Å². The van der Waals surface area contributed by atoms with Crippen LogP contribution in [0, 0.1) is 17.2 Å². The lowest BCUT2D eigenvalue weighted by atomic mass is 9.67. The average Bonchev–Trinajstić information content (AvgIpc) is 3.56. The van der Waals surface area contributed by atoms with Crippen molar-refractivity contribution in [3.05, 3.63) is 42.0 Å². The maximum Gasteiger partial charge on any atom is 0.395 e. The van der Waals surface area contributed by atoms with E-state index in [9.17, 15) is 17.6 Å². The molecule has 39 heavy (non-hydrogen) atoms. The summed E-state index contributed by atoms with van der Waals surface area (Å²) in [5, 5.41) is 0. The summed E-state index contributed by atoms with van der Waals surface area (Å²) in [7, 11) is 0. The van der Waals surface area contributed by atoms with Crippen LogP contribution in [-0.4, -0.2) is 71.0 Å². The summed E-state index contributed by atoms with van der Waals surface area (Å²) < 4.78 is 67.1. The Labute approximate surface area is 226 Å². The summed E-state index contributed by atoms with van der Waals surface area (Å²) in [6, 6.07) is 5.56. The normalized spacial score (nSPS) is 27.9. The van der Waals surface area contributed by atoms with Gasteiger partial charge in [-0.15, -0.1) is 0 Å². The Morgan fingerprint density at radius 2 is 1.85 bits per heavy atom. The molecule has 2 aromatic rings. The number of hydrogen-bond donors (Lipinski definition) is 0. The van der Waals surface area contributed by atoms with E-state index in [2.05, 4.69) is 21.8 Å². The molecule has 0 spiro atoms. The molecule has 1 aliphatic carbocycles. The van der Waals surface area contributed by atoms with Gasteiger partial charge in [-0.3, -0.25) is 4.90 Å². The van der Waals surface area contributed by atoms with E-state index in [0.29, 0.717) is 54.9 Å². The molecule has 4 heterocycles. The van der Waals surface area contributed by atoms with Crippen LogP contribution in [0.15, 0.2) is 30.6 Å². The number of hydrogen-bond acceptors (Lipinski definition) is 6. The van der Waals surface area contributed by atoms with Gasteiger partial charge < -0.3 is 14.4 Å². The van der Waals surface area contributed by atoms with E-state index in [1.165, 1.54) is 12.3 Å². The minimum atomic E-state index is -4.12. The van der Waals surface area contributed by atoms with E-state index in [4.69, 9.17) is 9.47 Å². The largest absolute Gasteiger partial charge is 0.476 e. The topological polar surface area (TPSA) is 54.0 Å². The SMILES string of the molecule is C[C@H]1CCCN1C1OC1c1ccc(-c2cnc(OCC3CCN(CC4(C(F)(F)F)CCC4)CC3)cn2)cc1F. The number of rotatable bonds is 8. The van der Waals surface area contributed by atoms with Crippen LogP contribution in [0.4, 0.5) is 17.6 Å². The van der Waals surface area contributed by atoms with Gasteiger partial charge in [0, 0.05) is 30.3 Å². The Hall–Kier alpha value is -2.30. The lowest BCUT2D eigenvalue weighted by molar-refractivity contribution is -0.256. The lowest BCUT2D eigenvalue weighted by Crippen LogP contribution is -2.53. The molecule has 0 radical (unpaired) electrons. The van der Waals surface area contributed by atoms with Crippen molar-refractivity contribution in [2.24, 2.45) is 11.3 Å². The van der Waals surface area contributed by atoms with Gasteiger partial charge in [-0.05, 0) is 70.5 Å². The molecule has 6 nitrogen and oxygen atoms in total. The van der Waals surface area contributed by atoms with Gasteiger partial charge in [0.15, 0.2) is 0 Å². The number of benzene rings is 1. The first-order valence-electron chi connectivity index (χ1n) is 14.2. The van der Waals surface area contributed by atoms with Gasteiger partial charge in [0.2, 0.25) is 5.88 Å². The zero-order valence-electron chi connectivity index (χ0n) is 22.3. The molecule has 2 unspecified atom stereocenters. The first-order chi connectivity index (χ1) is 18.7. The second-order valence-corrected chi connectivity index (χ2v) is 11.8. The summed E-state index contributed by atoms with van der Waals surface area (Å²) in [6.07, 6.45) is 3.79. The fourth-order valence-corrected chi connectivity index (χ4v) is 6.45. The van der Waals surface area contributed by atoms with Crippen LogP contribution in [0.3, 0.4) is 0 Å². The Morgan fingerprint density at radius 3 is 2.44 bits per heavy atom. The van der Waals surface area contributed by atoms with Crippen molar-refractivity contribution in [2.75, 3.05) is 32.8 Å². The molecule has 4 aliphatic rings. The number of piperidine rings is 1. The Balaban J connectivity index is 0.979. The Kier molecular flexibility index (Phi) is 7.31. The third kappa shape index (κ3) is 5.52. The molecule has 1 aromatic heterocycles. The van der Waals surface area contributed by atoms with Crippen molar-refractivity contribution in [1.29, 1.82) is 0 Å². The van der Waals surface area contributed by atoms with E-state index in [1.54, 1.807) is 12.3 Å². The second kappa shape index (κ2) is 10.6. The maximum absolute atomic E-state index is 15.0. The van der Waals surface area contributed by atoms with Crippen molar-refractivity contribution in [2.45, 2.75) is 76.4 Å². The van der Waals surface area contributed by atoms with Gasteiger partial charge in [0.25, 0.3) is 0 Å². The molecule has 1 aromatic carbocycles. The second-order valence-electron chi connectivity index (χ2n) is 11.8. The first kappa shape index (κ1) is 26.9. The highest BCUT2D eigenvalue weighted by atomic mass is 19.4. The quantitative estimate of drug-likeness (QED) is 0.299. The molecule has 6 rings (SSSR count). The van der Waals surface area contributed by atoms with Crippen molar-refractivity contribution in [1.82, 2.24) is 19.8 Å². The van der Waals surface area contributed by atoms with E-state index in [1.807, 2.05) is 11.0 Å². The molecular weight excluding hydrogens is 512 g/mol. The van der Waals surface area contributed by atoms with E-state index >= 15 is 0 Å². The number of likely N-dealkylation sites (tertiary alicyclic amines) is 2. The smallest absolute Gasteiger partial charge is 0.395 e. The standard InChI is InChI=1S/C29H36F4N4O2/c1-19-4-2-11-37(19)27-26(39-27)22-6-5-21(14-23(22)30)24-15-35-25(16-34-24)38-17-20-7-12-36(13-8-20)18-28(9-3-10-28)29(31,32)33/h5-6,14-16,19-20,26-27H,2-4,7-13,17-18H2,1H3/t19-,26?,27?/m0/s1. The maximum atomic E-state index is 15.0. The average molecular weight is 549 g/mol. The van der Waals surface area contributed by atoms with Crippen LogP contribution in [0.25, 0.3) is 11.3 Å². The van der Waals surface area contributed by atoms with Crippen LogP contribution in [-0.2, 0) is 4.74 Å². The Bertz CT molecular complexity index is 1150. The fourth-order valence-electron chi connectivity index (χ4n) is 6.45. The van der Waals surface area contributed by atoms with Gasteiger partial charge >= 0.3 is 6.18 Å². The molecule has 3 aliphatic heterocycles. The molecule has 212 valence electrons. The lowest BCUT2D eigenvalue weighted by Gasteiger charge is -2.47. The molecule has 0 N–H and O–H groups in total. The third-order valence-corrected chi connectivity index (χ3v) is 9.24.